The normalized spacial score (nSPS) is 15.8. The van der Waals surface area contributed by atoms with E-state index in [4.69, 9.17) is 0 Å². The third kappa shape index (κ3) is 5.74. The highest BCUT2D eigenvalue weighted by Gasteiger charge is 2.57. The van der Waals surface area contributed by atoms with Gasteiger partial charge in [-0.1, -0.05) is 13.8 Å². The maximum absolute atomic E-state index is 12.6. The molecule has 0 aliphatic heterocycles. The molecule has 2 N–H and O–H groups in total. The Labute approximate surface area is 119 Å². The Morgan fingerprint density at radius 3 is 2.14 bits per heavy atom. The van der Waals surface area contributed by atoms with Gasteiger partial charge in [0.25, 0.3) is 0 Å². The highest BCUT2D eigenvalue weighted by molar-refractivity contribution is 5.78. The van der Waals surface area contributed by atoms with Crippen molar-refractivity contribution in [1.29, 1.82) is 0 Å². The molecule has 0 aliphatic carbocycles. The zero-order valence-electron chi connectivity index (χ0n) is 11.9. The molecular weight excluding hydrogens is 301 g/mol. The molecule has 1 unspecified atom stereocenters. The third-order valence-corrected chi connectivity index (χ3v) is 3.12. The molecule has 21 heavy (non-hydrogen) atoms. The fourth-order valence-corrected chi connectivity index (χ4v) is 1.82. The molecule has 0 fully saturated rings. The number of halogens is 5. The summed E-state index contributed by atoms with van der Waals surface area (Å²) in [4.78, 5) is 11.2. The first-order chi connectivity index (χ1) is 9.52. The van der Waals surface area contributed by atoms with E-state index in [1.807, 2.05) is 0 Å². The van der Waals surface area contributed by atoms with Gasteiger partial charge in [0.1, 0.15) is 12.1 Å². The zero-order valence-corrected chi connectivity index (χ0v) is 11.9. The van der Waals surface area contributed by atoms with Crippen LogP contribution in [0.2, 0.25) is 0 Å². The van der Waals surface area contributed by atoms with Crippen LogP contribution in [-0.2, 0) is 9.53 Å². The fourth-order valence-electron chi connectivity index (χ4n) is 1.82. The van der Waals surface area contributed by atoms with Crippen LogP contribution < -0.4 is 5.32 Å². The summed E-state index contributed by atoms with van der Waals surface area (Å²) in [5.74, 6) is -5.99. The molecule has 0 heterocycles. The summed E-state index contributed by atoms with van der Waals surface area (Å²) in [7, 11) is 0. The van der Waals surface area contributed by atoms with Gasteiger partial charge in [0, 0.05) is 6.61 Å². The monoisotopic (exact) mass is 321 g/mol. The van der Waals surface area contributed by atoms with Gasteiger partial charge in [0.2, 0.25) is 0 Å². The van der Waals surface area contributed by atoms with Crippen LogP contribution in [0.5, 0.6) is 0 Å². The maximum atomic E-state index is 12.6. The lowest BCUT2D eigenvalue weighted by atomic mass is 9.90. The van der Waals surface area contributed by atoms with E-state index in [1.165, 1.54) is 0 Å². The number of rotatable bonds is 10. The molecule has 0 aromatic heterocycles. The summed E-state index contributed by atoms with van der Waals surface area (Å²) in [6, 6.07) is 0. The second-order valence-electron chi connectivity index (χ2n) is 4.63. The van der Waals surface area contributed by atoms with Gasteiger partial charge in [-0.25, -0.2) is 0 Å². The summed E-state index contributed by atoms with van der Waals surface area (Å²) >= 11 is 0. The Kier molecular flexibility index (Phi) is 7.52. The Hall–Kier alpha value is -0.960. The van der Waals surface area contributed by atoms with Crippen LogP contribution >= 0.6 is 0 Å². The maximum Gasteiger partial charge on any atom is 0.455 e. The first kappa shape index (κ1) is 20.0. The van der Waals surface area contributed by atoms with Gasteiger partial charge in [-0.05, 0) is 25.8 Å². The number of hydrogen-bond donors (Lipinski definition) is 2. The lowest BCUT2D eigenvalue weighted by Crippen LogP contribution is -2.51. The number of carbonyl (C=O) groups is 1. The van der Waals surface area contributed by atoms with Crippen molar-refractivity contribution in [2.24, 2.45) is 0 Å². The van der Waals surface area contributed by atoms with Gasteiger partial charge >= 0.3 is 18.1 Å². The van der Waals surface area contributed by atoms with Crippen LogP contribution in [0.15, 0.2) is 0 Å². The SMILES string of the molecule is CCNC(CC)(CCCOCC(F)(F)C(F)(F)F)C(=O)O. The quantitative estimate of drug-likeness (QED) is 0.480. The largest absolute Gasteiger partial charge is 0.480 e. The second-order valence-corrected chi connectivity index (χ2v) is 4.63. The number of ether oxygens (including phenoxy) is 1. The summed E-state index contributed by atoms with van der Waals surface area (Å²) in [6.45, 7) is 1.63. The second kappa shape index (κ2) is 7.88. The van der Waals surface area contributed by atoms with E-state index in [9.17, 15) is 31.9 Å². The molecule has 0 saturated heterocycles. The van der Waals surface area contributed by atoms with Crippen LogP contribution in [0.1, 0.15) is 33.1 Å². The van der Waals surface area contributed by atoms with Crippen LogP contribution in [0, 0.1) is 0 Å². The highest BCUT2D eigenvalue weighted by Crippen LogP contribution is 2.35. The van der Waals surface area contributed by atoms with Crippen LogP contribution in [0.25, 0.3) is 0 Å². The molecule has 126 valence electrons. The van der Waals surface area contributed by atoms with Gasteiger partial charge in [0.15, 0.2) is 0 Å². The Bertz CT molecular complexity index is 335. The van der Waals surface area contributed by atoms with Crippen molar-refractivity contribution in [2.75, 3.05) is 19.8 Å². The molecular formula is C12H20F5NO3. The molecule has 9 heteroatoms. The molecule has 0 aromatic carbocycles. The van der Waals surface area contributed by atoms with Crippen LogP contribution in [0.4, 0.5) is 22.0 Å². The molecule has 1 atom stereocenters. The third-order valence-electron chi connectivity index (χ3n) is 3.12. The number of nitrogens with one attached hydrogen (secondary N) is 1. The van der Waals surface area contributed by atoms with E-state index in [0.717, 1.165) is 0 Å². The molecule has 0 bridgehead atoms. The minimum absolute atomic E-state index is 0.0566. The Morgan fingerprint density at radius 2 is 1.76 bits per heavy atom. The van der Waals surface area contributed by atoms with E-state index < -0.39 is 30.2 Å². The lowest BCUT2D eigenvalue weighted by Gasteiger charge is -2.29. The fraction of sp³-hybridized carbons (Fsp3) is 0.917. The van der Waals surface area contributed by atoms with Crippen LogP contribution in [0.3, 0.4) is 0 Å². The van der Waals surface area contributed by atoms with E-state index in [2.05, 4.69) is 10.1 Å². The Morgan fingerprint density at radius 1 is 1.19 bits per heavy atom. The molecule has 4 nitrogen and oxygen atoms in total. The first-order valence-corrected chi connectivity index (χ1v) is 6.53. The summed E-state index contributed by atoms with van der Waals surface area (Å²) in [6.07, 6.45) is -5.26. The standard InChI is InChI=1S/C12H20F5NO3/c1-3-10(9(19)20,18-4-2)6-5-7-21-8-11(13,14)12(15,16)17/h18H,3-8H2,1-2H3,(H,19,20). The number of carboxylic acids is 1. The van der Waals surface area contributed by atoms with Crippen molar-refractivity contribution in [2.45, 2.75) is 50.7 Å². The summed E-state index contributed by atoms with van der Waals surface area (Å²) in [5, 5.41) is 12.0. The van der Waals surface area contributed by atoms with E-state index in [1.54, 1.807) is 13.8 Å². The molecule has 0 saturated carbocycles. The van der Waals surface area contributed by atoms with Crippen molar-refractivity contribution in [3.63, 3.8) is 0 Å². The molecule has 0 aliphatic rings. The molecule has 0 amide bonds. The first-order valence-electron chi connectivity index (χ1n) is 6.53. The molecule has 0 rings (SSSR count). The van der Waals surface area contributed by atoms with E-state index >= 15 is 0 Å². The van der Waals surface area contributed by atoms with Gasteiger partial charge in [-0.3, -0.25) is 4.79 Å². The number of alkyl halides is 5. The Balaban J connectivity index is 4.28. The van der Waals surface area contributed by atoms with Crippen molar-refractivity contribution in [3.05, 3.63) is 0 Å². The lowest BCUT2D eigenvalue weighted by molar-refractivity contribution is -0.296. The number of carboxylic acid groups (broad SMARTS) is 1. The molecule has 0 radical (unpaired) electrons. The van der Waals surface area contributed by atoms with E-state index in [-0.39, 0.29) is 25.9 Å². The number of hydrogen-bond acceptors (Lipinski definition) is 3. The van der Waals surface area contributed by atoms with Crippen LogP contribution in [-0.4, -0.2) is 48.5 Å². The van der Waals surface area contributed by atoms with Crippen molar-refractivity contribution in [3.8, 4) is 0 Å². The van der Waals surface area contributed by atoms with E-state index in [0.29, 0.717) is 6.54 Å². The smallest absolute Gasteiger partial charge is 0.455 e. The minimum Gasteiger partial charge on any atom is -0.480 e. The van der Waals surface area contributed by atoms with Gasteiger partial charge in [0.05, 0.1) is 0 Å². The van der Waals surface area contributed by atoms with Gasteiger partial charge < -0.3 is 15.2 Å². The predicted molar refractivity (Wildman–Crippen MR) is 65.4 cm³/mol. The minimum atomic E-state index is -5.65. The molecule has 0 spiro atoms. The number of aliphatic carboxylic acids is 1. The van der Waals surface area contributed by atoms with Crippen molar-refractivity contribution in [1.82, 2.24) is 5.32 Å². The zero-order chi connectivity index (χ0) is 16.7. The average Bonchev–Trinajstić information content (AvgIpc) is 2.35. The highest BCUT2D eigenvalue weighted by atomic mass is 19.4. The van der Waals surface area contributed by atoms with Crippen molar-refractivity contribution < 1.29 is 36.6 Å². The predicted octanol–water partition coefficient (Wildman–Crippen LogP) is 2.82. The topological polar surface area (TPSA) is 58.6 Å². The van der Waals surface area contributed by atoms with Crippen molar-refractivity contribution >= 4 is 5.97 Å². The number of likely N-dealkylation sites (N-methyl/N-ethyl adjacent to an activating group) is 1. The average molecular weight is 321 g/mol. The summed E-state index contributed by atoms with van der Waals surface area (Å²) < 4.78 is 65.1. The van der Waals surface area contributed by atoms with Gasteiger partial charge in [-0.15, -0.1) is 0 Å². The summed E-state index contributed by atoms with van der Waals surface area (Å²) in [5.41, 5.74) is -1.22. The molecule has 0 aromatic rings. The van der Waals surface area contributed by atoms with Gasteiger partial charge in [-0.2, -0.15) is 22.0 Å².